The standard InChI is InChI=1S/C24H26N8O4S/c1-37(35,36)29-23(33)19-16-28-32-21(19)26-15-20(22(32)25-14-17-6-3-2-4-7-17)24(34)30-12-8-18(9-13-30)31-11-5-10-27-31/h2-7,10-11,15-16,18,25H,8-9,12-14H2,1H3,(H,29,33). The number of benzene rings is 1. The number of sulfonamides is 1. The van der Waals surface area contributed by atoms with Crippen molar-refractivity contribution in [3.05, 3.63) is 77.9 Å². The Bertz CT molecular complexity index is 1530. The summed E-state index contributed by atoms with van der Waals surface area (Å²) in [7, 11) is -3.78. The number of rotatable bonds is 7. The number of amides is 2. The Kier molecular flexibility index (Phi) is 6.61. The van der Waals surface area contributed by atoms with E-state index in [1.165, 1.54) is 16.9 Å². The van der Waals surface area contributed by atoms with E-state index >= 15 is 0 Å². The van der Waals surface area contributed by atoms with Gasteiger partial charge in [-0.1, -0.05) is 30.3 Å². The van der Waals surface area contributed by atoms with E-state index in [-0.39, 0.29) is 23.2 Å². The minimum Gasteiger partial charge on any atom is -0.365 e. The lowest BCUT2D eigenvalue weighted by Gasteiger charge is -2.32. The molecule has 1 aliphatic heterocycles. The third kappa shape index (κ3) is 5.31. The van der Waals surface area contributed by atoms with Crippen LogP contribution in [0.5, 0.6) is 0 Å². The van der Waals surface area contributed by atoms with Crippen molar-refractivity contribution in [2.75, 3.05) is 24.7 Å². The molecule has 0 bridgehead atoms. The maximum absolute atomic E-state index is 13.6. The molecule has 0 spiro atoms. The predicted molar refractivity (Wildman–Crippen MR) is 135 cm³/mol. The quantitative estimate of drug-likeness (QED) is 0.373. The third-order valence-corrected chi connectivity index (χ3v) is 6.79. The number of aromatic nitrogens is 5. The topological polar surface area (TPSA) is 144 Å². The molecule has 37 heavy (non-hydrogen) atoms. The Morgan fingerprint density at radius 3 is 2.46 bits per heavy atom. The van der Waals surface area contributed by atoms with Crippen LogP contribution in [0.1, 0.15) is 45.2 Å². The van der Waals surface area contributed by atoms with Crippen LogP contribution in [0.25, 0.3) is 5.65 Å². The number of likely N-dealkylation sites (tertiary alicyclic amines) is 1. The summed E-state index contributed by atoms with van der Waals surface area (Å²) in [6, 6.07) is 11.8. The molecule has 2 N–H and O–H groups in total. The second kappa shape index (κ2) is 10.0. The van der Waals surface area contributed by atoms with Crippen molar-refractivity contribution in [3.8, 4) is 0 Å². The largest absolute Gasteiger partial charge is 0.365 e. The van der Waals surface area contributed by atoms with E-state index in [2.05, 4.69) is 20.5 Å². The van der Waals surface area contributed by atoms with Gasteiger partial charge in [-0.25, -0.2) is 18.1 Å². The number of hydrogen-bond donors (Lipinski definition) is 2. The van der Waals surface area contributed by atoms with Crippen LogP contribution in [0.2, 0.25) is 0 Å². The lowest BCUT2D eigenvalue weighted by atomic mass is 10.0. The van der Waals surface area contributed by atoms with Crippen molar-refractivity contribution in [1.29, 1.82) is 0 Å². The Morgan fingerprint density at radius 2 is 1.78 bits per heavy atom. The van der Waals surface area contributed by atoms with Crippen molar-refractivity contribution in [3.63, 3.8) is 0 Å². The molecule has 1 aromatic carbocycles. The number of hydrogen-bond acceptors (Lipinski definition) is 8. The summed E-state index contributed by atoms with van der Waals surface area (Å²) in [6.07, 6.45) is 8.76. The van der Waals surface area contributed by atoms with Gasteiger partial charge in [0.05, 0.1) is 18.5 Å². The molecule has 0 radical (unpaired) electrons. The average Bonchev–Trinajstić information content (AvgIpc) is 3.57. The number of piperidine rings is 1. The second-order valence-electron chi connectivity index (χ2n) is 8.87. The minimum atomic E-state index is -3.78. The molecule has 3 aromatic heterocycles. The zero-order valence-corrected chi connectivity index (χ0v) is 20.9. The highest BCUT2D eigenvalue weighted by Gasteiger charge is 2.28. The first-order chi connectivity index (χ1) is 17.8. The Morgan fingerprint density at radius 1 is 1.03 bits per heavy atom. The summed E-state index contributed by atoms with van der Waals surface area (Å²) in [5, 5.41) is 11.9. The molecule has 0 saturated carbocycles. The third-order valence-electron chi connectivity index (χ3n) is 6.23. The molecule has 5 rings (SSSR count). The van der Waals surface area contributed by atoms with Gasteiger partial charge in [0.25, 0.3) is 11.8 Å². The van der Waals surface area contributed by atoms with Crippen LogP contribution in [0, 0.1) is 0 Å². The van der Waals surface area contributed by atoms with Gasteiger partial charge >= 0.3 is 0 Å². The fourth-order valence-corrected chi connectivity index (χ4v) is 4.87. The molecule has 1 fully saturated rings. The summed E-state index contributed by atoms with van der Waals surface area (Å²) in [6.45, 7) is 1.51. The fourth-order valence-electron chi connectivity index (χ4n) is 4.42. The van der Waals surface area contributed by atoms with Crippen LogP contribution in [0.15, 0.2) is 61.2 Å². The SMILES string of the molecule is CS(=O)(=O)NC(=O)c1cnn2c(NCc3ccccc3)c(C(=O)N3CCC(n4cccn4)CC3)cnc12. The van der Waals surface area contributed by atoms with Gasteiger partial charge in [0, 0.05) is 38.2 Å². The molecular formula is C24H26N8O4S. The molecule has 1 saturated heterocycles. The highest BCUT2D eigenvalue weighted by molar-refractivity contribution is 7.89. The molecule has 12 nitrogen and oxygen atoms in total. The summed E-state index contributed by atoms with van der Waals surface area (Å²) in [5.41, 5.74) is 1.39. The van der Waals surface area contributed by atoms with Gasteiger partial charge in [-0.15, -0.1) is 0 Å². The van der Waals surface area contributed by atoms with E-state index in [1.807, 2.05) is 52.0 Å². The van der Waals surface area contributed by atoms with E-state index in [0.717, 1.165) is 24.7 Å². The van der Waals surface area contributed by atoms with Crippen molar-refractivity contribution >= 4 is 33.3 Å². The molecule has 192 valence electrons. The first kappa shape index (κ1) is 24.4. The summed E-state index contributed by atoms with van der Waals surface area (Å²) in [4.78, 5) is 32.3. The second-order valence-corrected chi connectivity index (χ2v) is 10.6. The van der Waals surface area contributed by atoms with Gasteiger partial charge < -0.3 is 10.2 Å². The normalized spacial score (nSPS) is 14.6. The maximum Gasteiger partial charge on any atom is 0.270 e. The van der Waals surface area contributed by atoms with Crippen molar-refractivity contribution in [2.24, 2.45) is 0 Å². The van der Waals surface area contributed by atoms with Crippen LogP contribution in [-0.2, 0) is 16.6 Å². The summed E-state index contributed by atoms with van der Waals surface area (Å²) < 4.78 is 28.4. The highest BCUT2D eigenvalue weighted by atomic mass is 32.2. The molecule has 0 aliphatic carbocycles. The van der Waals surface area contributed by atoms with Gasteiger partial charge in [-0.05, 0) is 24.5 Å². The van der Waals surface area contributed by atoms with Crippen molar-refractivity contribution in [2.45, 2.75) is 25.4 Å². The van der Waals surface area contributed by atoms with Gasteiger partial charge in [-0.3, -0.25) is 14.3 Å². The summed E-state index contributed by atoms with van der Waals surface area (Å²) in [5.74, 6) is -0.688. The van der Waals surface area contributed by atoms with Crippen LogP contribution >= 0.6 is 0 Å². The number of nitrogens with zero attached hydrogens (tertiary/aromatic N) is 6. The van der Waals surface area contributed by atoms with Gasteiger partial charge in [-0.2, -0.15) is 14.7 Å². The van der Waals surface area contributed by atoms with E-state index in [9.17, 15) is 18.0 Å². The minimum absolute atomic E-state index is 0.0211. The first-order valence-electron chi connectivity index (χ1n) is 11.8. The van der Waals surface area contributed by atoms with Crippen LogP contribution in [-0.4, -0.2) is 68.9 Å². The number of fused-ring (bicyclic) bond motifs is 1. The zero-order chi connectivity index (χ0) is 26.0. The van der Waals surface area contributed by atoms with Crippen molar-refractivity contribution in [1.82, 2.24) is 34.0 Å². The van der Waals surface area contributed by atoms with Gasteiger partial charge in [0.2, 0.25) is 10.0 Å². The Balaban J connectivity index is 1.45. The number of nitrogens with one attached hydrogen (secondary N) is 2. The monoisotopic (exact) mass is 522 g/mol. The zero-order valence-electron chi connectivity index (χ0n) is 20.1. The van der Waals surface area contributed by atoms with E-state index in [1.54, 1.807) is 11.1 Å². The Hall–Kier alpha value is -4.26. The fraction of sp³-hybridized carbons (Fsp3) is 0.292. The van der Waals surface area contributed by atoms with Crippen molar-refractivity contribution < 1.29 is 18.0 Å². The van der Waals surface area contributed by atoms with Crippen LogP contribution in [0.3, 0.4) is 0 Å². The molecule has 2 amide bonds. The lowest BCUT2D eigenvalue weighted by Crippen LogP contribution is -2.39. The summed E-state index contributed by atoms with van der Waals surface area (Å²) >= 11 is 0. The molecule has 1 aliphatic rings. The number of anilines is 1. The predicted octanol–water partition coefficient (Wildman–Crippen LogP) is 1.70. The Labute approximate surface area is 213 Å². The van der Waals surface area contributed by atoms with Gasteiger partial charge in [0.15, 0.2) is 5.65 Å². The van der Waals surface area contributed by atoms with Gasteiger partial charge in [0.1, 0.15) is 16.9 Å². The molecule has 0 unspecified atom stereocenters. The molecule has 4 heterocycles. The maximum atomic E-state index is 13.6. The smallest absolute Gasteiger partial charge is 0.270 e. The number of carbonyl (C=O) groups excluding carboxylic acids is 2. The molecule has 0 atom stereocenters. The lowest BCUT2D eigenvalue weighted by molar-refractivity contribution is 0.0689. The average molecular weight is 523 g/mol. The van der Waals surface area contributed by atoms with E-state index in [0.29, 0.717) is 31.0 Å². The molecular weight excluding hydrogens is 496 g/mol. The first-order valence-corrected chi connectivity index (χ1v) is 13.6. The van der Waals surface area contributed by atoms with Crippen LogP contribution < -0.4 is 10.0 Å². The molecule has 4 aromatic rings. The van der Waals surface area contributed by atoms with E-state index in [4.69, 9.17) is 0 Å². The molecule has 13 heteroatoms. The highest BCUT2D eigenvalue weighted by Crippen LogP contribution is 2.26. The number of carbonyl (C=O) groups is 2. The van der Waals surface area contributed by atoms with Crippen LogP contribution in [0.4, 0.5) is 5.82 Å². The van der Waals surface area contributed by atoms with E-state index < -0.39 is 15.9 Å².